The Balaban J connectivity index is 1.49. The van der Waals surface area contributed by atoms with Crippen LogP contribution < -0.4 is 0 Å². The Labute approximate surface area is 203 Å². The van der Waals surface area contributed by atoms with Crippen molar-refractivity contribution in [2.45, 2.75) is 0 Å². The number of rotatable bonds is 3. The van der Waals surface area contributed by atoms with E-state index in [1.165, 1.54) is 43.7 Å². The second kappa shape index (κ2) is 7.96. The average molecular weight is 447 g/mol. The highest BCUT2D eigenvalue weighted by Gasteiger charge is 2.14. The molecule has 0 aliphatic rings. The number of nitrogens with zero attached hydrogens (tertiary/aromatic N) is 2. The van der Waals surface area contributed by atoms with E-state index in [1.54, 1.807) is 0 Å². The van der Waals surface area contributed by atoms with E-state index in [2.05, 4.69) is 132 Å². The van der Waals surface area contributed by atoms with Gasteiger partial charge in [-0.2, -0.15) is 0 Å². The molecule has 2 heteroatoms. The number of benzene rings is 5. The van der Waals surface area contributed by atoms with Crippen LogP contribution in [0.3, 0.4) is 0 Å². The molecule has 0 saturated carbocycles. The van der Waals surface area contributed by atoms with E-state index in [0.29, 0.717) is 0 Å². The summed E-state index contributed by atoms with van der Waals surface area (Å²) in [7, 11) is 0. The van der Waals surface area contributed by atoms with Gasteiger partial charge >= 0.3 is 0 Å². The fourth-order valence-electron chi connectivity index (χ4n) is 5.20. The third-order valence-electron chi connectivity index (χ3n) is 6.83. The SMILES string of the molecule is c1ccc(-c2ccc3c4ccccc4n(-c4cccc(-c5nccc6ccccc56)c4)c3c2)cc1. The van der Waals surface area contributed by atoms with Crippen LogP contribution in [0.4, 0.5) is 0 Å². The van der Waals surface area contributed by atoms with E-state index in [0.717, 1.165) is 16.9 Å². The molecule has 0 radical (unpaired) electrons. The van der Waals surface area contributed by atoms with Crippen molar-refractivity contribution in [1.29, 1.82) is 0 Å². The molecular formula is C33H22N2. The molecule has 0 aliphatic carbocycles. The number of aromatic nitrogens is 2. The second-order valence-corrected chi connectivity index (χ2v) is 8.88. The second-order valence-electron chi connectivity index (χ2n) is 8.88. The molecule has 0 N–H and O–H groups in total. The Bertz CT molecular complexity index is 1840. The van der Waals surface area contributed by atoms with Crippen molar-refractivity contribution in [3.63, 3.8) is 0 Å². The van der Waals surface area contributed by atoms with Crippen molar-refractivity contribution in [2.24, 2.45) is 0 Å². The summed E-state index contributed by atoms with van der Waals surface area (Å²) in [5, 5.41) is 4.89. The van der Waals surface area contributed by atoms with E-state index in [4.69, 9.17) is 4.98 Å². The molecule has 0 saturated heterocycles. The molecule has 0 atom stereocenters. The zero-order chi connectivity index (χ0) is 23.2. The Morgan fingerprint density at radius 3 is 2.11 bits per heavy atom. The predicted octanol–water partition coefficient (Wildman–Crippen LogP) is 8.67. The smallest absolute Gasteiger partial charge is 0.0781 e. The molecule has 2 heterocycles. The van der Waals surface area contributed by atoms with Crippen LogP contribution >= 0.6 is 0 Å². The number of para-hydroxylation sites is 1. The van der Waals surface area contributed by atoms with Gasteiger partial charge in [-0.25, -0.2) is 0 Å². The predicted molar refractivity (Wildman–Crippen MR) is 147 cm³/mol. The van der Waals surface area contributed by atoms with Gasteiger partial charge in [0.15, 0.2) is 0 Å². The summed E-state index contributed by atoms with van der Waals surface area (Å²) >= 11 is 0. The third kappa shape index (κ3) is 3.23. The van der Waals surface area contributed by atoms with Crippen molar-refractivity contribution < 1.29 is 0 Å². The zero-order valence-corrected chi connectivity index (χ0v) is 19.1. The van der Waals surface area contributed by atoms with Gasteiger partial charge in [0.2, 0.25) is 0 Å². The summed E-state index contributed by atoms with van der Waals surface area (Å²) in [4.78, 5) is 4.77. The van der Waals surface area contributed by atoms with E-state index in [-0.39, 0.29) is 0 Å². The fourth-order valence-corrected chi connectivity index (χ4v) is 5.20. The minimum absolute atomic E-state index is 1.01. The van der Waals surface area contributed by atoms with Gasteiger partial charge in [0.25, 0.3) is 0 Å². The van der Waals surface area contributed by atoms with E-state index in [9.17, 15) is 0 Å². The first-order chi connectivity index (χ1) is 17.4. The average Bonchev–Trinajstić information content (AvgIpc) is 3.27. The van der Waals surface area contributed by atoms with Gasteiger partial charge in [-0.05, 0) is 46.8 Å². The molecule has 2 nitrogen and oxygen atoms in total. The molecule has 7 aromatic rings. The summed E-state index contributed by atoms with van der Waals surface area (Å²) in [5.74, 6) is 0. The first-order valence-electron chi connectivity index (χ1n) is 11.9. The number of hydrogen-bond acceptors (Lipinski definition) is 1. The summed E-state index contributed by atoms with van der Waals surface area (Å²) in [6.07, 6.45) is 1.90. The Hall–Kier alpha value is -4.69. The first kappa shape index (κ1) is 19.7. The minimum atomic E-state index is 1.01. The molecule has 0 spiro atoms. The lowest BCUT2D eigenvalue weighted by Gasteiger charge is -2.12. The number of hydrogen-bond donors (Lipinski definition) is 0. The van der Waals surface area contributed by atoms with E-state index < -0.39 is 0 Å². The normalized spacial score (nSPS) is 11.4. The monoisotopic (exact) mass is 446 g/mol. The molecule has 0 aliphatic heterocycles. The van der Waals surface area contributed by atoms with Gasteiger partial charge in [-0.15, -0.1) is 0 Å². The summed E-state index contributed by atoms with van der Waals surface area (Å²) in [5.41, 5.74) is 8.11. The van der Waals surface area contributed by atoms with Crippen LogP contribution in [0.2, 0.25) is 0 Å². The maximum atomic E-state index is 4.77. The largest absolute Gasteiger partial charge is 0.309 e. The van der Waals surface area contributed by atoms with Gasteiger partial charge in [0.1, 0.15) is 0 Å². The summed E-state index contributed by atoms with van der Waals surface area (Å²) < 4.78 is 2.38. The van der Waals surface area contributed by atoms with E-state index in [1.807, 2.05) is 6.20 Å². The highest BCUT2D eigenvalue weighted by molar-refractivity contribution is 6.10. The lowest BCUT2D eigenvalue weighted by atomic mass is 10.0. The Morgan fingerprint density at radius 1 is 0.457 bits per heavy atom. The maximum absolute atomic E-state index is 4.77. The van der Waals surface area contributed by atoms with Crippen LogP contribution in [0.15, 0.2) is 134 Å². The van der Waals surface area contributed by atoms with E-state index >= 15 is 0 Å². The maximum Gasteiger partial charge on any atom is 0.0781 e. The van der Waals surface area contributed by atoms with Crippen molar-refractivity contribution in [1.82, 2.24) is 9.55 Å². The van der Waals surface area contributed by atoms with Gasteiger partial charge in [-0.1, -0.05) is 97.1 Å². The molecule has 0 bridgehead atoms. The molecule has 7 rings (SSSR count). The molecule has 0 fully saturated rings. The lowest BCUT2D eigenvalue weighted by molar-refractivity contribution is 1.18. The number of fused-ring (bicyclic) bond motifs is 4. The lowest BCUT2D eigenvalue weighted by Crippen LogP contribution is -1.95. The van der Waals surface area contributed by atoms with Crippen LogP contribution in [0.5, 0.6) is 0 Å². The van der Waals surface area contributed by atoms with Gasteiger partial charge < -0.3 is 4.57 Å². The first-order valence-corrected chi connectivity index (χ1v) is 11.9. The number of pyridine rings is 1. The van der Waals surface area contributed by atoms with Gasteiger partial charge in [0.05, 0.1) is 16.7 Å². The third-order valence-corrected chi connectivity index (χ3v) is 6.83. The summed E-state index contributed by atoms with van der Waals surface area (Å²) in [6.45, 7) is 0. The van der Waals surface area contributed by atoms with Crippen LogP contribution in [0.25, 0.3) is 60.6 Å². The van der Waals surface area contributed by atoms with Crippen LogP contribution in [-0.2, 0) is 0 Å². The molecular weight excluding hydrogens is 424 g/mol. The minimum Gasteiger partial charge on any atom is -0.309 e. The Kier molecular flexibility index (Phi) is 4.49. The van der Waals surface area contributed by atoms with Crippen molar-refractivity contribution in [3.8, 4) is 28.1 Å². The molecule has 164 valence electrons. The summed E-state index contributed by atoms with van der Waals surface area (Å²) in [6, 6.07) is 45.3. The van der Waals surface area contributed by atoms with Crippen LogP contribution in [0, 0.1) is 0 Å². The Morgan fingerprint density at radius 2 is 1.20 bits per heavy atom. The molecule has 5 aromatic carbocycles. The van der Waals surface area contributed by atoms with Gasteiger partial charge in [0, 0.05) is 33.6 Å². The molecule has 2 aromatic heterocycles. The zero-order valence-electron chi connectivity index (χ0n) is 19.1. The molecule has 35 heavy (non-hydrogen) atoms. The molecule has 0 amide bonds. The topological polar surface area (TPSA) is 17.8 Å². The van der Waals surface area contributed by atoms with Gasteiger partial charge in [-0.3, -0.25) is 4.98 Å². The fraction of sp³-hybridized carbons (Fsp3) is 0. The van der Waals surface area contributed by atoms with Crippen molar-refractivity contribution in [2.75, 3.05) is 0 Å². The highest BCUT2D eigenvalue weighted by atomic mass is 15.0. The van der Waals surface area contributed by atoms with Crippen LogP contribution in [-0.4, -0.2) is 9.55 Å². The van der Waals surface area contributed by atoms with Crippen LogP contribution in [0.1, 0.15) is 0 Å². The quantitative estimate of drug-likeness (QED) is 0.265. The molecule has 0 unspecified atom stereocenters. The standard InChI is InChI=1S/C33H22N2/c1-2-9-23(10-3-1)25-17-18-30-29-15-6-7-16-31(29)35(32(30)22-25)27-13-8-12-26(21-27)33-28-14-5-4-11-24(28)19-20-34-33/h1-22H. The van der Waals surface area contributed by atoms with Crippen molar-refractivity contribution >= 4 is 32.6 Å². The van der Waals surface area contributed by atoms with Crippen molar-refractivity contribution in [3.05, 3.63) is 134 Å². The highest BCUT2D eigenvalue weighted by Crippen LogP contribution is 2.36.